The Bertz CT molecular complexity index is 519. The predicted octanol–water partition coefficient (Wildman–Crippen LogP) is 4.03. The first-order valence-electron chi connectivity index (χ1n) is 6.67. The third kappa shape index (κ3) is 3.90. The number of hydrogen-bond acceptors (Lipinski definition) is 1. The van der Waals surface area contributed by atoms with Crippen LogP contribution in [0.2, 0.25) is 0 Å². The van der Waals surface area contributed by atoms with Gasteiger partial charge in [0.15, 0.2) is 0 Å². The molecule has 2 aromatic rings. The maximum Gasteiger partial charge on any atom is 0.123 e. The summed E-state index contributed by atoms with van der Waals surface area (Å²) in [5.41, 5.74) is 3.78. The molecule has 0 spiro atoms. The van der Waals surface area contributed by atoms with Gasteiger partial charge in [0.1, 0.15) is 5.82 Å². The molecule has 0 radical (unpaired) electrons. The highest BCUT2D eigenvalue weighted by atomic mass is 19.1. The van der Waals surface area contributed by atoms with Crippen molar-refractivity contribution < 1.29 is 4.39 Å². The highest BCUT2D eigenvalue weighted by Crippen LogP contribution is 2.19. The van der Waals surface area contributed by atoms with Gasteiger partial charge in [0, 0.05) is 6.04 Å². The molecule has 0 aliphatic carbocycles. The van der Waals surface area contributed by atoms with Crippen LogP contribution in [-0.4, -0.2) is 7.05 Å². The van der Waals surface area contributed by atoms with Crippen molar-refractivity contribution in [3.8, 4) is 0 Å². The predicted molar refractivity (Wildman–Crippen MR) is 77.7 cm³/mol. The topological polar surface area (TPSA) is 12.0 Å². The molecule has 0 amide bonds. The summed E-state index contributed by atoms with van der Waals surface area (Å²) in [5.74, 6) is -0.183. The van der Waals surface area contributed by atoms with Crippen molar-refractivity contribution in [1.82, 2.24) is 5.32 Å². The van der Waals surface area contributed by atoms with Crippen LogP contribution in [0.5, 0.6) is 0 Å². The molecule has 0 heterocycles. The van der Waals surface area contributed by atoms with Gasteiger partial charge in [0.05, 0.1) is 0 Å². The number of rotatable bonds is 5. The molecule has 0 aromatic heterocycles. The van der Waals surface area contributed by atoms with E-state index in [1.165, 1.54) is 23.3 Å². The minimum absolute atomic E-state index is 0.183. The van der Waals surface area contributed by atoms with E-state index in [4.69, 9.17) is 0 Å². The molecule has 2 aromatic carbocycles. The fourth-order valence-corrected chi connectivity index (χ4v) is 2.35. The highest BCUT2D eigenvalue weighted by Gasteiger charge is 2.09. The van der Waals surface area contributed by atoms with Gasteiger partial charge in [-0.2, -0.15) is 0 Å². The van der Waals surface area contributed by atoms with Crippen LogP contribution < -0.4 is 5.32 Å². The molecular weight excluding hydrogens is 237 g/mol. The summed E-state index contributed by atoms with van der Waals surface area (Å²) in [4.78, 5) is 0. The maximum absolute atomic E-state index is 12.9. The Balaban J connectivity index is 2.01. The minimum Gasteiger partial charge on any atom is -0.313 e. The van der Waals surface area contributed by atoms with E-state index in [9.17, 15) is 4.39 Å². The summed E-state index contributed by atoms with van der Waals surface area (Å²) in [7, 11) is 1.95. The quantitative estimate of drug-likeness (QED) is 0.852. The van der Waals surface area contributed by atoms with Gasteiger partial charge in [-0.1, -0.05) is 42.0 Å². The number of benzene rings is 2. The fourth-order valence-electron chi connectivity index (χ4n) is 2.35. The van der Waals surface area contributed by atoms with Crippen LogP contribution in [-0.2, 0) is 6.42 Å². The number of nitrogens with one attached hydrogen (secondary N) is 1. The molecule has 0 aliphatic rings. The molecule has 100 valence electrons. The van der Waals surface area contributed by atoms with Crippen LogP contribution in [0.25, 0.3) is 0 Å². The molecule has 1 atom stereocenters. The molecule has 2 heteroatoms. The van der Waals surface area contributed by atoms with Gasteiger partial charge in [0.25, 0.3) is 0 Å². The van der Waals surface area contributed by atoms with Crippen LogP contribution in [0, 0.1) is 12.7 Å². The molecule has 1 nitrogen and oxygen atoms in total. The first-order chi connectivity index (χ1) is 9.19. The molecule has 0 fully saturated rings. The van der Waals surface area contributed by atoms with Crippen LogP contribution in [0.4, 0.5) is 4.39 Å². The Morgan fingerprint density at radius 1 is 1.11 bits per heavy atom. The van der Waals surface area contributed by atoms with Gasteiger partial charge in [-0.05, 0) is 50.1 Å². The minimum atomic E-state index is -0.183. The first kappa shape index (κ1) is 13.8. The van der Waals surface area contributed by atoms with E-state index in [0.717, 1.165) is 18.4 Å². The van der Waals surface area contributed by atoms with E-state index in [1.54, 1.807) is 0 Å². The lowest BCUT2D eigenvalue weighted by Gasteiger charge is -2.16. The summed E-state index contributed by atoms with van der Waals surface area (Å²) < 4.78 is 12.9. The van der Waals surface area contributed by atoms with Crippen LogP contribution in [0.3, 0.4) is 0 Å². The third-order valence-electron chi connectivity index (χ3n) is 3.43. The van der Waals surface area contributed by atoms with Crippen LogP contribution in [0.15, 0.2) is 48.5 Å². The second-order valence-corrected chi connectivity index (χ2v) is 4.92. The van der Waals surface area contributed by atoms with Crippen molar-refractivity contribution in [2.24, 2.45) is 0 Å². The monoisotopic (exact) mass is 257 g/mol. The van der Waals surface area contributed by atoms with Crippen molar-refractivity contribution in [3.05, 3.63) is 71.0 Å². The fraction of sp³-hybridized carbons (Fsp3) is 0.294. The number of halogens is 1. The summed E-state index contributed by atoms with van der Waals surface area (Å²) in [6.45, 7) is 2.11. The Morgan fingerprint density at radius 2 is 1.84 bits per heavy atom. The second-order valence-electron chi connectivity index (χ2n) is 4.92. The SMILES string of the molecule is CNC(CCc1cccc(C)c1)c1ccc(F)cc1. The molecular formula is C17H20FN. The standard InChI is InChI=1S/C17H20FN/c1-13-4-3-5-14(12-13)6-11-17(19-2)15-7-9-16(18)10-8-15/h3-5,7-10,12,17,19H,6,11H2,1-2H3. The van der Waals surface area contributed by atoms with Crippen molar-refractivity contribution in [1.29, 1.82) is 0 Å². The normalized spacial score (nSPS) is 12.4. The van der Waals surface area contributed by atoms with E-state index >= 15 is 0 Å². The van der Waals surface area contributed by atoms with Gasteiger partial charge < -0.3 is 5.32 Å². The zero-order valence-electron chi connectivity index (χ0n) is 11.5. The van der Waals surface area contributed by atoms with Crippen molar-refractivity contribution in [2.75, 3.05) is 7.05 Å². The van der Waals surface area contributed by atoms with Crippen molar-refractivity contribution in [3.63, 3.8) is 0 Å². The van der Waals surface area contributed by atoms with E-state index in [2.05, 4.69) is 36.5 Å². The lowest BCUT2D eigenvalue weighted by Crippen LogP contribution is -2.17. The lowest BCUT2D eigenvalue weighted by atomic mass is 9.98. The molecule has 2 rings (SSSR count). The average molecular weight is 257 g/mol. The van der Waals surface area contributed by atoms with Crippen LogP contribution >= 0.6 is 0 Å². The van der Waals surface area contributed by atoms with E-state index in [1.807, 2.05) is 19.2 Å². The molecule has 19 heavy (non-hydrogen) atoms. The summed E-state index contributed by atoms with van der Waals surface area (Å²) >= 11 is 0. The first-order valence-corrected chi connectivity index (χ1v) is 6.67. The average Bonchev–Trinajstić information content (AvgIpc) is 2.41. The summed E-state index contributed by atoms with van der Waals surface area (Å²) in [6.07, 6.45) is 2.02. The van der Waals surface area contributed by atoms with Gasteiger partial charge in [-0.3, -0.25) is 0 Å². The smallest absolute Gasteiger partial charge is 0.123 e. The van der Waals surface area contributed by atoms with Gasteiger partial charge in [-0.15, -0.1) is 0 Å². The van der Waals surface area contributed by atoms with Gasteiger partial charge >= 0.3 is 0 Å². The van der Waals surface area contributed by atoms with Gasteiger partial charge in [0.2, 0.25) is 0 Å². The molecule has 0 saturated heterocycles. The third-order valence-corrected chi connectivity index (χ3v) is 3.43. The Labute approximate surface area is 114 Å². The Kier molecular flexibility index (Phi) is 4.69. The molecule has 1 unspecified atom stereocenters. The lowest BCUT2D eigenvalue weighted by molar-refractivity contribution is 0.546. The van der Waals surface area contributed by atoms with Gasteiger partial charge in [-0.25, -0.2) is 4.39 Å². The summed E-state index contributed by atoms with van der Waals surface area (Å²) in [6, 6.07) is 15.6. The second kappa shape index (κ2) is 6.48. The number of hydrogen-bond donors (Lipinski definition) is 1. The Hall–Kier alpha value is -1.67. The molecule has 0 aliphatic heterocycles. The largest absolute Gasteiger partial charge is 0.313 e. The van der Waals surface area contributed by atoms with Crippen LogP contribution in [0.1, 0.15) is 29.2 Å². The zero-order valence-corrected chi connectivity index (χ0v) is 11.5. The molecule has 0 bridgehead atoms. The van der Waals surface area contributed by atoms with E-state index in [-0.39, 0.29) is 11.9 Å². The number of aryl methyl sites for hydroxylation is 2. The molecule has 1 N–H and O–H groups in total. The Morgan fingerprint density at radius 3 is 2.47 bits per heavy atom. The highest BCUT2D eigenvalue weighted by molar-refractivity contribution is 5.24. The van der Waals surface area contributed by atoms with Crippen molar-refractivity contribution >= 4 is 0 Å². The van der Waals surface area contributed by atoms with Crippen molar-refractivity contribution in [2.45, 2.75) is 25.8 Å². The zero-order chi connectivity index (χ0) is 13.7. The maximum atomic E-state index is 12.9. The summed E-state index contributed by atoms with van der Waals surface area (Å²) in [5, 5.41) is 3.30. The molecule has 0 saturated carbocycles. The van der Waals surface area contributed by atoms with E-state index in [0.29, 0.717) is 0 Å². The van der Waals surface area contributed by atoms with E-state index < -0.39 is 0 Å².